The van der Waals surface area contributed by atoms with E-state index in [9.17, 15) is 4.79 Å². The Morgan fingerprint density at radius 1 is 0.889 bits per heavy atom. The van der Waals surface area contributed by atoms with Gasteiger partial charge in [-0.3, -0.25) is 4.79 Å². The van der Waals surface area contributed by atoms with Gasteiger partial charge in [0.1, 0.15) is 0 Å². The lowest BCUT2D eigenvalue weighted by atomic mass is 9.96. The van der Waals surface area contributed by atoms with Gasteiger partial charge in [0, 0.05) is 22.9 Å². The summed E-state index contributed by atoms with van der Waals surface area (Å²) in [6.07, 6.45) is 0. The highest BCUT2D eigenvalue weighted by molar-refractivity contribution is 6.20. The molecule has 0 amide bonds. The van der Waals surface area contributed by atoms with E-state index in [1.54, 1.807) is 18.2 Å². The third-order valence-electron chi connectivity index (χ3n) is 2.83. The van der Waals surface area contributed by atoms with Gasteiger partial charge in [0.2, 0.25) is 0 Å². The van der Waals surface area contributed by atoms with Gasteiger partial charge in [-0.15, -0.1) is 23.2 Å². The van der Waals surface area contributed by atoms with Crippen LogP contribution in [0.3, 0.4) is 0 Å². The SMILES string of the molecule is O=C(c1ccccc1)c1cccc(CCl)c1CCl. The fraction of sp³-hybridized carbons (Fsp3) is 0.133. The molecular formula is C15H12Cl2O. The van der Waals surface area contributed by atoms with Crippen LogP contribution in [0.4, 0.5) is 0 Å². The van der Waals surface area contributed by atoms with Crippen molar-refractivity contribution in [3.05, 3.63) is 70.8 Å². The number of halogens is 2. The third kappa shape index (κ3) is 2.58. The quantitative estimate of drug-likeness (QED) is 0.599. The van der Waals surface area contributed by atoms with Crippen LogP contribution in [0, 0.1) is 0 Å². The zero-order chi connectivity index (χ0) is 13.0. The lowest BCUT2D eigenvalue weighted by Crippen LogP contribution is -2.06. The average molecular weight is 279 g/mol. The van der Waals surface area contributed by atoms with Gasteiger partial charge < -0.3 is 0 Å². The van der Waals surface area contributed by atoms with Crippen molar-refractivity contribution in [2.75, 3.05) is 0 Å². The Labute approximate surface area is 116 Å². The number of rotatable bonds is 4. The molecule has 0 aromatic heterocycles. The molecule has 2 aromatic carbocycles. The molecule has 0 bridgehead atoms. The highest BCUT2D eigenvalue weighted by Gasteiger charge is 2.15. The molecule has 18 heavy (non-hydrogen) atoms. The van der Waals surface area contributed by atoms with Crippen molar-refractivity contribution < 1.29 is 4.79 Å². The van der Waals surface area contributed by atoms with E-state index < -0.39 is 0 Å². The molecule has 0 atom stereocenters. The second-order valence-corrected chi connectivity index (χ2v) is 4.44. The van der Waals surface area contributed by atoms with Crippen molar-refractivity contribution in [1.29, 1.82) is 0 Å². The van der Waals surface area contributed by atoms with Gasteiger partial charge in [-0.05, 0) is 11.1 Å². The fourth-order valence-electron chi connectivity index (χ4n) is 1.88. The maximum Gasteiger partial charge on any atom is 0.193 e. The molecule has 2 rings (SSSR count). The van der Waals surface area contributed by atoms with Gasteiger partial charge in [0.15, 0.2) is 5.78 Å². The maximum atomic E-state index is 12.4. The van der Waals surface area contributed by atoms with E-state index in [0.29, 0.717) is 17.0 Å². The van der Waals surface area contributed by atoms with E-state index in [4.69, 9.17) is 23.2 Å². The minimum Gasteiger partial charge on any atom is -0.289 e. The van der Waals surface area contributed by atoms with Gasteiger partial charge in [0.05, 0.1) is 0 Å². The standard InChI is InChI=1S/C15H12Cl2O/c16-9-12-7-4-8-13(14(12)10-17)15(18)11-5-2-1-3-6-11/h1-8H,9-10H2. The van der Waals surface area contributed by atoms with Crippen molar-refractivity contribution in [2.45, 2.75) is 11.8 Å². The molecule has 3 heteroatoms. The van der Waals surface area contributed by atoms with Crippen molar-refractivity contribution in [2.24, 2.45) is 0 Å². The smallest absolute Gasteiger partial charge is 0.193 e. The van der Waals surface area contributed by atoms with Gasteiger partial charge in [-0.1, -0.05) is 48.5 Å². The minimum atomic E-state index is -0.0155. The zero-order valence-electron chi connectivity index (χ0n) is 9.70. The molecule has 1 nitrogen and oxygen atoms in total. The molecule has 0 saturated heterocycles. The first-order chi connectivity index (χ1) is 8.77. The Morgan fingerprint density at radius 3 is 2.22 bits per heavy atom. The number of ketones is 1. The Morgan fingerprint density at radius 2 is 1.61 bits per heavy atom. The summed E-state index contributed by atoms with van der Waals surface area (Å²) < 4.78 is 0. The van der Waals surface area contributed by atoms with Gasteiger partial charge in [0.25, 0.3) is 0 Å². The minimum absolute atomic E-state index is 0.0155. The van der Waals surface area contributed by atoms with Crippen LogP contribution in [0.25, 0.3) is 0 Å². The Bertz CT molecular complexity index is 550. The van der Waals surface area contributed by atoms with E-state index in [2.05, 4.69) is 0 Å². The molecule has 0 aliphatic rings. The number of hydrogen-bond donors (Lipinski definition) is 0. The molecule has 0 unspecified atom stereocenters. The van der Waals surface area contributed by atoms with Crippen LogP contribution in [-0.4, -0.2) is 5.78 Å². The van der Waals surface area contributed by atoms with Crippen molar-refractivity contribution >= 4 is 29.0 Å². The molecule has 0 radical (unpaired) electrons. The van der Waals surface area contributed by atoms with Crippen LogP contribution in [-0.2, 0) is 11.8 Å². The first-order valence-electron chi connectivity index (χ1n) is 5.60. The summed E-state index contributed by atoms with van der Waals surface area (Å²) in [6, 6.07) is 14.7. The molecule has 0 spiro atoms. The molecule has 0 aliphatic carbocycles. The lowest BCUT2D eigenvalue weighted by Gasteiger charge is -2.10. The zero-order valence-corrected chi connectivity index (χ0v) is 11.2. The third-order valence-corrected chi connectivity index (χ3v) is 3.39. The first-order valence-corrected chi connectivity index (χ1v) is 6.67. The molecule has 0 heterocycles. The largest absolute Gasteiger partial charge is 0.289 e. The van der Waals surface area contributed by atoms with Crippen LogP contribution in [0.2, 0.25) is 0 Å². The predicted octanol–water partition coefficient (Wildman–Crippen LogP) is 4.40. The van der Waals surface area contributed by atoms with E-state index in [0.717, 1.165) is 11.1 Å². The normalized spacial score (nSPS) is 10.3. The summed E-state index contributed by atoms with van der Waals surface area (Å²) >= 11 is 11.8. The van der Waals surface area contributed by atoms with Gasteiger partial charge in [-0.25, -0.2) is 0 Å². The summed E-state index contributed by atoms with van der Waals surface area (Å²) in [6.45, 7) is 0. The van der Waals surface area contributed by atoms with E-state index in [1.807, 2.05) is 30.3 Å². The Kier molecular flexibility index (Phi) is 4.40. The summed E-state index contributed by atoms with van der Waals surface area (Å²) in [4.78, 5) is 12.4. The van der Waals surface area contributed by atoms with Crippen LogP contribution in [0.15, 0.2) is 48.5 Å². The molecule has 92 valence electrons. The summed E-state index contributed by atoms with van der Waals surface area (Å²) in [5, 5.41) is 0. The van der Waals surface area contributed by atoms with Crippen molar-refractivity contribution in [1.82, 2.24) is 0 Å². The summed E-state index contributed by atoms with van der Waals surface area (Å²) in [5.41, 5.74) is 3.03. The first kappa shape index (κ1) is 13.1. The topological polar surface area (TPSA) is 17.1 Å². The fourth-order valence-corrected chi connectivity index (χ4v) is 2.44. The van der Waals surface area contributed by atoms with Crippen LogP contribution < -0.4 is 0 Å². The Balaban J connectivity index is 2.48. The van der Waals surface area contributed by atoms with Gasteiger partial charge >= 0.3 is 0 Å². The molecule has 0 fully saturated rings. The van der Waals surface area contributed by atoms with Gasteiger partial charge in [-0.2, -0.15) is 0 Å². The second kappa shape index (κ2) is 6.03. The number of benzene rings is 2. The highest BCUT2D eigenvalue weighted by Crippen LogP contribution is 2.22. The monoisotopic (exact) mass is 278 g/mol. The molecule has 0 N–H and O–H groups in total. The average Bonchev–Trinajstić information content (AvgIpc) is 2.46. The van der Waals surface area contributed by atoms with Crippen molar-refractivity contribution in [3.8, 4) is 0 Å². The van der Waals surface area contributed by atoms with Crippen LogP contribution in [0.5, 0.6) is 0 Å². The maximum absolute atomic E-state index is 12.4. The summed E-state index contributed by atoms with van der Waals surface area (Å²) in [5.74, 6) is 0.632. The predicted molar refractivity (Wildman–Crippen MR) is 75.4 cm³/mol. The molecular weight excluding hydrogens is 267 g/mol. The molecule has 0 aliphatic heterocycles. The number of alkyl halides is 2. The van der Waals surface area contributed by atoms with Crippen LogP contribution >= 0.6 is 23.2 Å². The lowest BCUT2D eigenvalue weighted by molar-refractivity contribution is 0.103. The molecule has 2 aromatic rings. The van der Waals surface area contributed by atoms with Crippen LogP contribution in [0.1, 0.15) is 27.0 Å². The van der Waals surface area contributed by atoms with E-state index in [1.165, 1.54) is 0 Å². The number of hydrogen-bond acceptors (Lipinski definition) is 1. The Hall–Kier alpha value is -1.31. The molecule has 0 saturated carbocycles. The van der Waals surface area contributed by atoms with Crippen molar-refractivity contribution in [3.63, 3.8) is 0 Å². The van der Waals surface area contributed by atoms with E-state index >= 15 is 0 Å². The highest BCUT2D eigenvalue weighted by atomic mass is 35.5. The number of carbonyl (C=O) groups is 1. The van der Waals surface area contributed by atoms with E-state index in [-0.39, 0.29) is 11.7 Å². The summed E-state index contributed by atoms with van der Waals surface area (Å²) in [7, 11) is 0. The number of carbonyl (C=O) groups excluding carboxylic acids is 1. The second-order valence-electron chi connectivity index (χ2n) is 3.91.